The predicted octanol–water partition coefficient (Wildman–Crippen LogP) is 1.87. The summed E-state index contributed by atoms with van der Waals surface area (Å²) in [5, 5.41) is 21.4. The van der Waals surface area contributed by atoms with Crippen LogP contribution in [0.3, 0.4) is 0 Å². The van der Waals surface area contributed by atoms with Crippen LogP contribution in [0.15, 0.2) is 0 Å². The zero-order valence-electron chi connectivity index (χ0n) is 17.0. The summed E-state index contributed by atoms with van der Waals surface area (Å²) in [5.74, 6) is -1.95. The molecule has 27 heavy (non-hydrogen) atoms. The van der Waals surface area contributed by atoms with Gasteiger partial charge in [0.15, 0.2) is 5.78 Å². The maximum absolute atomic E-state index is 12.3. The van der Waals surface area contributed by atoms with E-state index in [0.717, 1.165) is 30.9 Å². The van der Waals surface area contributed by atoms with Gasteiger partial charge >= 0.3 is 5.97 Å². The Morgan fingerprint density at radius 3 is 2.26 bits per heavy atom. The summed E-state index contributed by atoms with van der Waals surface area (Å²) in [5.41, 5.74) is 6.80. The standard InChI is InChI=1S/C18H37N3O5S/c1-5-8-10-13-26-21(20-12-7-3)18(19,16(24)25)17(4,27)15(23)14(22)11-9-6-2/h15,20,23,27H,5-13,19H2,1-4H3,(H,24,25)/t15?,17-,18-/m1/s1. The molecule has 3 atom stereocenters. The van der Waals surface area contributed by atoms with Crippen molar-refractivity contribution in [1.82, 2.24) is 10.6 Å². The first-order valence-corrected chi connectivity index (χ1v) is 10.2. The SMILES string of the molecule is CCCCCON(NCCC)[C@](N)(C(=O)O)[C@](C)(S)C(O)C(=O)CCCC. The fourth-order valence-corrected chi connectivity index (χ4v) is 2.84. The number of hydrazine groups is 1. The lowest BCUT2D eigenvalue weighted by Crippen LogP contribution is -2.77. The first-order valence-electron chi connectivity index (χ1n) is 9.73. The normalized spacial score (nSPS) is 17.3. The van der Waals surface area contributed by atoms with E-state index in [4.69, 9.17) is 10.6 Å². The minimum absolute atomic E-state index is 0.128. The van der Waals surface area contributed by atoms with Crippen LogP contribution in [0.4, 0.5) is 0 Å². The van der Waals surface area contributed by atoms with E-state index in [1.54, 1.807) is 0 Å². The van der Waals surface area contributed by atoms with Gasteiger partial charge in [-0.1, -0.05) is 45.2 Å². The van der Waals surface area contributed by atoms with Crippen molar-refractivity contribution in [2.24, 2.45) is 5.73 Å². The minimum Gasteiger partial charge on any atom is -0.479 e. The number of nitrogens with zero attached hydrogens (tertiary/aromatic N) is 1. The number of carboxylic acids is 1. The molecule has 0 fully saturated rings. The summed E-state index contributed by atoms with van der Waals surface area (Å²) >= 11 is 4.35. The minimum atomic E-state index is -2.28. The molecule has 0 aliphatic rings. The van der Waals surface area contributed by atoms with E-state index < -0.39 is 28.3 Å². The van der Waals surface area contributed by atoms with Crippen LogP contribution in [0.5, 0.6) is 0 Å². The second kappa shape index (κ2) is 12.7. The molecular weight excluding hydrogens is 370 g/mol. The number of nitrogens with one attached hydrogen (secondary N) is 1. The van der Waals surface area contributed by atoms with E-state index in [-0.39, 0.29) is 13.0 Å². The number of carbonyl (C=O) groups excluding carboxylic acids is 1. The number of nitrogens with two attached hydrogens (primary N) is 1. The number of Topliss-reactive ketones (excluding diaryl/α,β-unsaturated/α-hetero) is 1. The highest BCUT2D eigenvalue weighted by atomic mass is 32.1. The van der Waals surface area contributed by atoms with Crippen molar-refractivity contribution in [1.29, 1.82) is 0 Å². The number of aliphatic hydroxyl groups excluding tert-OH is 1. The predicted molar refractivity (Wildman–Crippen MR) is 108 cm³/mol. The maximum Gasteiger partial charge on any atom is 0.344 e. The largest absolute Gasteiger partial charge is 0.479 e. The smallest absolute Gasteiger partial charge is 0.344 e. The van der Waals surface area contributed by atoms with Gasteiger partial charge in [0, 0.05) is 13.0 Å². The summed E-state index contributed by atoms with van der Waals surface area (Å²) in [4.78, 5) is 30.1. The third-order valence-electron chi connectivity index (χ3n) is 4.51. The Morgan fingerprint density at radius 1 is 1.19 bits per heavy atom. The molecule has 0 saturated heterocycles. The Labute approximate surface area is 168 Å². The monoisotopic (exact) mass is 407 g/mol. The summed E-state index contributed by atoms with van der Waals surface area (Å²) < 4.78 is -1.81. The number of hydrogen-bond acceptors (Lipinski definition) is 8. The van der Waals surface area contributed by atoms with E-state index >= 15 is 0 Å². The van der Waals surface area contributed by atoms with Crippen molar-refractivity contribution in [3.8, 4) is 0 Å². The van der Waals surface area contributed by atoms with E-state index in [1.165, 1.54) is 6.92 Å². The number of rotatable bonds is 16. The summed E-state index contributed by atoms with van der Waals surface area (Å²) in [6, 6.07) is 0. The average Bonchev–Trinajstić information content (AvgIpc) is 2.63. The quantitative estimate of drug-likeness (QED) is 0.114. The Bertz CT molecular complexity index is 464. The molecule has 0 aromatic heterocycles. The fraction of sp³-hybridized carbons (Fsp3) is 0.889. The number of carboxylic acid groups (broad SMARTS) is 1. The van der Waals surface area contributed by atoms with Crippen molar-refractivity contribution in [2.45, 2.75) is 89.2 Å². The Hall–Kier alpha value is -0.710. The molecule has 0 amide bonds. The van der Waals surface area contributed by atoms with E-state index in [1.807, 2.05) is 20.8 Å². The second-order valence-corrected chi connectivity index (χ2v) is 7.86. The van der Waals surface area contributed by atoms with Crippen LogP contribution in [0.1, 0.15) is 72.6 Å². The second-order valence-electron chi connectivity index (χ2n) is 6.93. The molecular formula is C18H37N3O5S. The summed E-state index contributed by atoms with van der Waals surface area (Å²) in [6.07, 6.45) is 3.15. The average molecular weight is 408 g/mol. The molecule has 0 aliphatic carbocycles. The number of aliphatic carboxylic acids is 1. The molecule has 5 N–H and O–H groups in total. The Kier molecular flexibility index (Phi) is 12.4. The van der Waals surface area contributed by atoms with Crippen LogP contribution in [0.2, 0.25) is 0 Å². The number of hydroxylamine groups is 1. The molecule has 0 saturated carbocycles. The van der Waals surface area contributed by atoms with Gasteiger partial charge in [0.1, 0.15) is 6.10 Å². The van der Waals surface area contributed by atoms with E-state index in [0.29, 0.717) is 19.4 Å². The lowest BCUT2D eigenvalue weighted by Gasteiger charge is -2.47. The van der Waals surface area contributed by atoms with Gasteiger partial charge in [-0.3, -0.25) is 15.4 Å². The van der Waals surface area contributed by atoms with Gasteiger partial charge in [-0.15, -0.1) is 0 Å². The van der Waals surface area contributed by atoms with Gasteiger partial charge < -0.3 is 10.2 Å². The fourth-order valence-electron chi connectivity index (χ4n) is 2.51. The van der Waals surface area contributed by atoms with Gasteiger partial charge in [-0.2, -0.15) is 12.6 Å². The highest BCUT2D eigenvalue weighted by molar-refractivity contribution is 7.82. The number of carbonyl (C=O) groups is 2. The third kappa shape index (κ3) is 6.99. The molecule has 9 heteroatoms. The van der Waals surface area contributed by atoms with E-state index in [9.17, 15) is 19.8 Å². The third-order valence-corrected chi connectivity index (χ3v) is 5.09. The van der Waals surface area contributed by atoms with Gasteiger partial charge in [0.2, 0.25) is 5.66 Å². The van der Waals surface area contributed by atoms with Crippen molar-refractivity contribution >= 4 is 24.4 Å². The van der Waals surface area contributed by atoms with Crippen LogP contribution < -0.4 is 11.2 Å². The highest BCUT2D eigenvalue weighted by Crippen LogP contribution is 2.34. The first-order chi connectivity index (χ1) is 12.6. The lowest BCUT2D eigenvalue weighted by atomic mass is 9.85. The molecule has 0 aromatic carbocycles. The van der Waals surface area contributed by atoms with Crippen molar-refractivity contribution in [3.63, 3.8) is 0 Å². The maximum atomic E-state index is 12.3. The molecule has 8 nitrogen and oxygen atoms in total. The van der Waals surface area contributed by atoms with Gasteiger partial charge in [-0.25, -0.2) is 10.2 Å². The molecule has 0 rings (SSSR count). The van der Waals surface area contributed by atoms with Gasteiger partial charge in [-0.05, 0) is 26.2 Å². The van der Waals surface area contributed by atoms with Crippen molar-refractivity contribution in [2.75, 3.05) is 13.2 Å². The van der Waals surface area contributed by atoms with Crippen molar-refractivity contribution in [3.05, 3.63) is 0 Å². The van der Waals surface area contributed by atoms with Crippen molar-refractivity contribution < 1.29 is 24.6 Å². The molecule has 0 bridgehead atoms. The first kappa shape index (κ1) is 26.3. The van der Waals surface area contributed by atoms with Crippen LogP contribution in [-0.4, -0.2) is 56.8 Å². The van der Waals surface area contributed by atoms with Crippen LogP contribution in [0, 0.1) is 0 Å². The van der Waals surface area contributed by atoms with Gasteiger partial charge in [0.25, 0.3) is 0 Å². The number of aliphatic hydroxyl groups is 1. The van der Waals surface area contributed by atoms with Crippen LogP contribution in [0.25, 0.3) is 0 Å². The Balaban J connectivity index is 5.66. The molecule has 0 radical (unpaired) electrons. The number of unbranched alkanes of at least 4 members (excludes halogenated alkanes) is 3. The van der Waals surface area contributed by atoms with Crippen LogP contribution in [-0.2, 0) is 14.4 Å². The molecule has 0 heterocycles. The highest BCUT2D eigenvalue weighted by Gasteiger charge is 2.60. The topological polar surface area (TPSA) is 125 Å². The zero-order valence-corrected chi connectivity index (χ0v) is 17.9. The van der Waals surface area contributed by atoms with Crippen LogP contribution >= 0.6 is 12.6 Å². The molecule has 0 aromatic rings. The summed E-state index contributed by atoms with van der Waals surface area (Å²) in [7, 11) is 0. The molecule has 0 aliphatic heterocycles. The molecule has 0 spiro atoms. The van der Waals surface area contributed by atoms with E-state index in [2.05, 4.69) is 18.1 Å². The molecule has 1 unspecified atom stereocenters. The number of hydrogen-bond donors (Lipinski definition) is 5. The zero-order chi connectivity index (χ0) is 21.1. The number of thiol groups is 1. The molecule has 160 valence electrons. The summed E-state index contributed by atoms with van der Waals surface area (Å²) in [6.45, 7) is 7.87. The van der Waals surface area contributed by atoms with Gasteiger partial charge in [0.05, 0.1) is 11.4 Å². The number of ketones is 1. The lowest BCUT2D eigenvalue weighted by molar-refractivity contribution is -0.268. The Morgan fingerprint density at radius 2 is 1.78 bits per heavy atom.